The fraction of sp³-hybridized carbons (Fsp3) is 0.500. The Morgan fingerprint density at radius 1 is 1.22 bits per heavy atom. The summed E-state index contributed by atoms with van der Waals surface area (Å²) in [6.07, 6.45) is -0.617. The van der Waals surface area contributed by atoms with Gasteiger partial charge in [-0.3, -0.25) is 4.79 Å². The quantitative estimate of drug-likeness (QED) is 0.907. The van der Waals surface area contributed by atoms with E-state index in [1.807, 2.05) is 0 Å². The number of carboxylic acids is 1. The number of likely N-dealkylation sites (tertiary alicyclic amines) is 1. The van der Waals surface area contributed by atoms with Gasteiger partial charge in [0.1, 0.15) is 5.60 Å². The van der Waals surface area contributed by atoms with Crippen molar-refractivity contribution in [2.24, 2.45) is 5.92 Å². The van der Waals surface area contributed by atoms with Crippen molar-refractivity contribution in [3.63, 3.8) is 0 Å². The van der Waals surface area contributed by atoms with Crippen molar-refractivity contribution in [3.8, 4) is 0 Å². The van der Waals surface area contributed by atoms with E-state index in [-0.39, 0.29) is 13.1 Å². The van der Waals surface area contributed by atoms with Gasteiger partial charge in [-0.15, -0.1) is 0 Å². The molecule has 1 aliphatic rings. The van der Waals surface area contributed by atoms with Crippen LogP contribution in [0.4, 0.5) is 13.6 Å². The van der Waals surface area contributed by atoms with Crippen LogP contribution in [0.25, 0.3) is 0 Å². The van der Waals surface area contributed by atoms with E-state index >= 15 is 0 Å². The highest BCUT2D eigenvalue weighted by molar-refractivity contribution is 5.76. The summed E-state index contributed by atoms with van der Waals surface area (Å²) in [5, 5.41) is 9.35. The molecule has 1 saturated heterocycles. The number of benzene rings is 1. The van der Waals surface area contributed by atoms with Crippen molar-refractivity contribution >= 4 is 12.1 Å². The zero-order chi connectivity index (χ0) is 17.4. The van der Waals surface area contributed by atoms with Gasteiger partial charge in [-0.2, -0.15) is 0 Å². The van der Waals surface area contributed by atoms with Crippen LogP contribution in [0.3, 0.4) is 0 Å². The average Bonchev–Trinajstić information content (AvgIpc) is 2.85. The summed E-state index contributed by atoms with van der Waals surface area (Å²) in [7, 11) is 0. The van der Waals surface area contributed by atoms with E-state index in [2.05, 4.69) is 0 Å². The number of halogens is 2. The van der Waals surface area contributed by atoms with Gasteiger partial charge in [0.15, 0.2) is 11.6 Å². The molecule has 2 rings (SSSR count). The number of ether oxygens (including phenoxy) is 1. The largest absolute Gasteiger partial charge is 0.481 e. The van der Waals surface area contributed by atoms with Crippen molar-refractivity contribution in [2.45, 2.75) is 32.3 Å². The molecule has 1 heterocycles. The smallest absolute Gasteiger partial charge is 0.410 e. The standard InChI is InChI=1S/C16H19F2NO4/c1-16(2,3)23-15(22)19-7-10(11(8-19)14(20)21)9-4-5-12(17)13(18)6-9/h4-6,10-11H,7-8H2,1-3H3,(H,20,21)/t10-,11+/m1/s1. The minimum atomic E-state index is -1.09. The Labute approximate surface area is 132 Å². The second-order valence-corrected chi connectivity index (χ2v) is 6.61. The number of rotatable bonds is 2. The zero-order valence-corrected chi connectivity index (χ0v) is 13.2. The molecule has 1 N–H and O–H groups in total. The van der Waals surface area contributed by atoms with E-state index in [9.17, 15) is 23.5 Å². The number of carbonyl (C=O) groups is 2. The molecule has 126 valence electrons. The number of hydrogen-bond acceptors (Lipinski definition) is 3. The van der Waals surface area contributed by atoms with E-state index < -0.39 is 41.1 Å². The molecule has 0 bridgehead atoms. The third-order valence-electron chi connectivity index (χ3n) is 3.66. The molecule has 0 saturated carbocycles. The van der Waals surface area contributed by atoms with Crippen LogP contribution in [0, 0.1) is 17.6 Å². The molecule has 0 aromatic heterocycles. The summed E-state index contributed by atoms with van der Waals surface area (Å²) in [5.74, 6) is -4.64. The normalized spacial score (nSPS) is 21.3. The van der Waals surface area contributed by atoms with Crippen molar-refractivity contribution in [1.29, 1.82) is 0 Å². The summed E-state index contributed by atoms with van der Waals surface area (Å²) < 4.78 is 31.7. The van der Waals surface area contributed by atoms with E-state index in [0.717, 1.165) is 12.1 Å². The van der Waals surface area contributed by atoms with Gasteiger partial charge < -0.3 is 14.7 Å². The summed E-state index contributed by atoms with van der Waals surface area (Å²) in [6.45, 7) is 5.18. The Kier molecular flexibility index (Phi) is 4.58. The predicted molar refractivity (Wildman–Crippen MR) is 78.0 cm³/mol. The minimum absolute atomic E-state index is 0.0338. The van der Waals surface area contributed by atoms with Gasteiger partial charge in [-0.05, 0) is 38.5 Å². The highest BCUT2D eigenvalue weighted by Crippen LogP contribution is 2.34. The molecule has 1 fully saturated rings. The fourth-order valence-corrected chi connectivity index (χ4v) is 2.61. The molecule has 5 nitrogen and oxygen atoms in total. The van der Waals surface area contributed by atoms with Crippen LogP contribution in [0.15, 0.2) is 18.2 Å². The third-order valence-corrected chi connectivity index (χ3v) is 3.66. The SMILES string of the molecule is CC(C)(C)OC(=O)N1C[C@H](C(=O)O)[C@@H](c2ccc(F)c(F)c2)C1. The van der Waals surface area contributed by atoms with Crippen LogP contribution in [0.1, 0.15) is 32.3 Å². The highest BCUT2D eigenvalue weighted by Gasteiger charge is 2.42. The molecule has 23 heavy (non-hydrogen) atoms. The molecular formula is C16H19F2NO4. The zero-order valence-electron chi connectivity index (χ0n) is 13.2. The first-order valence-corrected chi connectivity index (χ1v) is 7.24. The summed E-state index contributed by atoms with van der Waals surface area (Å²) >= 11 is 0. The van der Waals surface area contributed by atoms with Crippen molar-refractivity contribution in [2.75, 3.05) is 13.1 Å². The van der Waals surface area contributed by atoms with Gasteiger partial charge in [0.25, 0.3) is 0 Å². The van der Waals surface area contributed by atoms with Crippen molar-refractivity contribution in [3.05, 3.63) is 35.4 Å². The van der Waals surface area contributed by atoms with Gasteiger partial charge in [0.05, 0.1) is 5.92 Å². The lowest BCUT2D eigenvalue weighted by Crippen LogP contribution is -2.35. The van der Waals surface area contributed by atoms with E-state index in [1.54, 1.807) is 20.8 Å². The van der Waals surface area contributed by atoms with Gasteiger partial charge in [-0.25, -0.2) is 13.6 Å². The van der Waals surface area contributed by atoms with E-state index in [4.69, 9.17) is 4.74 Å². The molecule has 1 aromatic carbocycles. The molecule has 0 aliphatic carbocycles. The van der Waals surface area contributed by atoms with Gasteiger partial charge in [0, 0.05) is 19.0 Å². The highest BCUT2D eigenvalue weighted by atomic mass is 19.2. The second-order valence-electron chi connectivity index (χ2n) is 6.61. The summed E-state index contributed by atoms with van der Waals surface area (Å²) in [6, 6.07) is 3.28. The van der Waals surface area contributed by atoms with Crippen LogP contribution in [-0.4, -0.2) is 40.8 Å². The molecule has 1 amide bonds. The lowest BCUT2D eigenvalue weighted by molar-refractivity contribution is -0.141. The van der Waals surface area contributed by atoms with Gasteiger partial charge in [-0.1, -0.05) is 6.07 Å². The monoisotopic (exact) mass is 327 g/mol. The Balaban J connectivity index is 2.23. The van der Waals surface area contributed by atoms with Crippen LogP contribution < -0.4 is 0 Å². The first-order valence-electron chi connectivity index (χ1n) is 7.24. The predicted octanol–water partition coefficient (Wildman–Crippen LogP) is 3.00. The fourth-order valence-electron chi connectivity index (χ4n) is 2.61. The lowest BCUT2D eigenvalue weighted by atomic mass is 9.89. The number of amides is 1. The number of carboxylic acid groups (broad SMARTS) is 1. The Hall–Kier alpha value is -2.18. The van der Waals surface area contributed by atoms with E-state index in [0.29, 0.717) is 5.56 Å². The number of carbonyl (C=O) groups excluding carboxylic acids is 1. The number of aliphatic carboxylic acids is 1. The van der Waals surface area contributed by atoms with Crippen LogP contribution in [0.5, 0.6) is 0 Å². The number of nitrogens with zero attached hydrogens (tertiary/aromatic N) is 1. The Morgan fingerprint density at radius 3 is 2.39 bits per heavy atom. The topological polar surface area (TPSA) is 66.8 Å². The summed E-state index contributed by atoms with van der Waals surface area (Å²) in [4.78, 5) is 24.8. The van der Waals surface area contributed by atoms with Crippen LogP contribution in [-0.2, 0) is 9.53 Å². The van der Waals surface area contributed by atoms with Gasteiger partial charge >= 0.3 is 12.1 Å². The molecule has 1 aromatic rings. The molecule has 1 aliphatic heterocycles. The van der Waals surface area contributed by atoms with Crippen LogP contribution >= 0.6 is 0 Å². The lowest BCUT2D eigenvalue weighted by Gasteiger charge is -2.24. The molecule has 7 heteroatoms. The third kappa shape index (κ3) is 3.97. The van der Waals surface area contributed by atoms with E-state index in [1.165, 1.54) is 11.0 Å². The molecule has 2 atom stereocenters. The Bertz CT molecular complexity index is 627. The molecule has 0 radical (unpaired) electrons. The van der Waals surface area contributed by atoms with Crippen molar-refractivity contribution in [1.82, 2.24) is 4.90 Å². The molecule has 0 unspecified atom stereocenters. The van der Waals surface area contributed by atoms with Crippen molar-refractivity contribution < 1.29 is 28.2 Å². The first-order chi connectivity index (χ1) is 10.6. The number of hydrogen-bond donors (Lipinski definition) is 1. The molecule has 0 spiro atoms. The Morgan fingerprint density at radius 2 is 1.87 bits per heavy atom. The maximum Gasteiger partial charge on any atom is 0.410 e. The maximum atomic E-state index is 13.4. The molecular weight excluding hydrogens is 308 g/mol. The maximum absolute atomic E-state index is 13.4. The minimum Gasteiger partial charge on any atom is -0.481 e. The summed E-state index contributed by atoms with van der Waals surface area (Å²) in [5.41, 5.74) is -0.349. The average molecular weight is 327 g/mol. The first kappa shape index (κ1) is 17.2. The van der Waals surface area contributed by atoms with Gasteiger partial charge in [0.2, 0.25) is 0 Å². The van der Waals surface area contributed by atoms with Crippen LogP contribution in [0.2, 0.25) is 0 Å². The second kappa shape index (κ2) is 6.14.